The normalized spacial score (nSPS) is 18.0. The molecule has 1 aliphatic heterocycles. The SMILES string of the molecule is Cc1ccc(C(=O)N2CCS[C@H]2c2ccccc2F)cc1. The molecule has 0 aromatic heterocycles. The first-order valence-corrected chi connectivity index (χ1v) is 7.95. The molecule has 0 spiro atoms. The van der Waals surface area contributed by atoms with Crippen LogP contribution < -0.4 is 0 Å². The van der Waals surface area contributed by atoms with Gasteiger partial charge < -0.3 is 4.90 Å². The number of halogens is 1. The van der Waals surface area contributed by atoms with Crippen molar-refractivity contribution in [3.05, 3.63) is 71.0 Å². The highest BCUT2D eigenvalue weighted by Gasteiger charge is 2.32. The molecule has 1 heterocycles. The Hall–Kier alpha value is -1.81. The van der Waals surface area contributed by atoms with Gasteiger partial charge in [-0.15, -0.1) is 11.8 Å². The number of carbonyl (C=O) groups is 1. The third-order valence-electron chi connectivity index (χ3n) is 3.62. The van der Waals surface area contributed by atoms with Crippen molar-refractivity contribution in [1.29, 1.82) is 0 Å². The van der Waals surface area contributed by atoms with Crippen LogP contribution in [0.15, 0.2) is 48.5 Å². The fourth-order valence-corrected chi connectivity index (χ4v) is 3.75. The molecule has 1 amide bonds. The number of thioether (sulfide) groups is 1. The second-order valence-electron chi connectivity index (χ2n) is 5.11. The highest BCUT2D eigenvalue weighted by molar-refractivity contribution is 7.99. The first-order chi connectivity index (χ1) is 10.2. The van der Waals surface area contributed by atoms with E-state index in [4.69, 9.17) is 0 Å². The van der Waals surface area contributed by atoms with Crippen LogP contribution in [0.4, 0.5) is 4.39 Å². The molecule has 108 valence electrons. The molecule has 1 saturated heterocycles. The lowest BCUT2D eigenvalue weighted by atomic mass is 10.1. The molecule has 0 radical (unpaired) electrons. The minimum absolute atomic E-state index is 0.0340. The van der Waals surface area contributed by atoms with E-state index in [2.05, 4.69) is 0 Å². The zero-order valence-corrected chi connectivity index (χ0v) is 12.6. The second-order valence-corrected chi connectivity index (χ2v) is 6.30. The predicted octanol–water partition coefficient (Wildman–Crippen LogP) is 4.02. The molecule has 2 nitrogen and oxygen atoms in total. The van der Waals surface area contributed by atoms with Crippen molar-refractivity contribution in [3.8, 4) is 0 Å². The fraction of sp³-hybridized carbons (Fsp3) is 0.235. The van der Waals surface area contributed by atoms with Crippen LogP contribution in [-0.2, 0) is 0 Å². The van der Waals surface area contributed by atoms with E-state index >= 15 is 0 Å². The molecule has 4 heteroatoms. The molecule has 0 bridgehead atoms. The molecule has 3 rings (SSSR count). The number of benzene rings is 2. The molecule has 2 aromatic carbocycles. The second kappa shape index (κ2) is 5.90. The van der Waals surface area contributed by atoms with Crippen molar-refractivity contribution in [2.45, 2.75) is 12.3 Å². The predicted molar refractivity (Wildman–Crippen MR) is 83.8 cm³/mol. The van der Waals surface area contributed by atoms with Crippen molar-refractivity contribution in [1.82, 2.24) is 4.90 Å². The molecule has 0 aliphatic carbocycles. The summed E-state index contributed by atoms with van der Waals surface area (Å²) < 4.78 is 14.0. The monoisotopic (exact) mass is 301 g/mol. The van der Waals surface area contributed by atoms with Gasteiger partial charge in [0.1, 0.15) is 11.2 Å². The Morgan fingerprint density at radius 1 is 1.19 bits per heavy atom. The zero-order chi connectivity index (χ0) is 14.8. The Morgan fingerprint density at radius 3 is 2.62 bits per heavy atom. The number of rotatable bonds is 2. The topological polar surface area (TPSA) is 20.3 Å². The maximum atomic E-state index is 14.0. The third kappa shape index (κ3) is 2.81. The van der Waals surface area contributed by atoms with E-state index in [-0.39, 0.29) is 17.1 Å². The van der Waals surface area contributed by atoms with Crippen molar-refractivity contribution in [2.75, 3.05) is 12.3 Å². The number of carbonyl (C=O) groups excluding carboxylic acids is 1. The van der Waals surface area contributed by atoms with E-state index in [9.17, 15) is 9.18 Å². The summed E-state index contributed by atoms with van der Waals surface area (Å²) in [5.74, 6) is 0.545. The summed E-state index contributed by atoms with van der Waals surface area (Å²) in [6, 6.07) is 14.2. The van der Waals surface area contributed by atoms with Crippen molar-refractivity contribution >= 4 is 17.7 Å². The number of nitrogens with zero attached hydrogens (tertiary/aromatic N) is 1. The van der Waals surface area contributed by atoms with Gasteiger partial charge in [0.05, 0.1) is 0 Å². The van der Waals surface area contributed by atoms with E-state index in [1.165, 1.54) is 6.07 Å². The minimum atomic E-state index is -0.251. The summed E-state index contributed by atoms with van der Waals surface area (Å²) in [7, 11) is 0. The van der Waals surface area contributed by atoms with Crippen LogP contribution in [-0.4, -0.2) is 23.1 Å². The average molecular weight is 301 g/mol. The summed E-state index contributed by atoms with van der Waals surface area (Å²) in [4.78, 5) is 14.4. The molecule has 0 saturated carbocycles. The van der Waals surface area contributed by atoms with E-state index < -0.39 is 0 Å². The molecule has 1 atom stereocenters. The fourth-order valence-electron chi connectivity index (χ4n) is 2.47. The summed E-state index contributed by atoms with van der Waals surface area (Å²) in [6.45, 7) is 2.64. The molecular formula is C17H16FNOS. The summed E-state index contributed by atoms with van der Waals surface area (Å²) in [5, 5.41) is -0.236. The van der Waals surface area contributed by atoms with Crippen LogP contribution in [0.1, 0.15) is 26.9 Å². The van der Waals surface area contributed by atoms with Crippen LogP contribution in [0, 0.1) is 12.7 Å². The first kappa shape index (κ1) is 14.1. The van der Waals surface area contributed by atoms with Crippen molar-refractivity contribution in [2.24, 2.45) is 0 Å². The lowest BCUT2D eigenvalue weighted by Crippen LogP contribution is -2.30. The quantitative estimate of drug-likeness (QED) is 0.835. The highest BCUT2D eigenvalue weighted by atomic mass is 32.2. The molecular weight excluding hydrogens is 285 g/mol. The lowest BCUT2D eigenvalue weighted by Gasteiger charge is -2.24. The Bertz CT molecular complexity index is 656. The molecule has 2 aromatic rings. The van der Waals surface area contributed by atoms with Gasteiger partial charge in [-0.05, 0) is 25.1 Å². The van der Waals surface area contributed by atoms with Gasteiger partial charge in [0.2, 0.25) is 0 Å². The summed E-state index contributed by atoms with van der Waals surface area (Å²) in [6.07, 6.45) is 0. The number of amides is 1. The summed E-state index contributed by atoms with van der Waals surface area (Å²) >= 11 is 1.61. The molecule has 1 aliphatic rings. The van der Waals surface area contributed by atoms with Crippen molar-refractivity contribution in [3.63, 3.8) is 0 Å². The maximum absolute atomic E-state index is 14.0. The zero-order valence-electron chi connectivity index (χ0n) is 11.8. The number of hydrogen-bond acceptors (Lipinski definition) is 2. The van der Waals surface area contributed by atoms with Gasteiger partial charge in [0, 0.05) is 23.4 Å². The smallest absolute Gasteiger partial charge is 0.255 e. The molecule has 0 N–H and O–H groups in total. The van der Waals surface area contributed by atoms with Gasteiger partial charge in [0.15, 0.2) is 0 Å². The Morgan fingerprint density at radius 2 is 1.90 bits per heavy atom. The number of hydrogen-bond donors (Lipinski definition) is 0. The van der Waals surface area contributed by atoms with Gasteiger partial charge in [-0.25, -0.2) is 4.39 Å². The first-order valence-electron chi connectivity index (χ1n) is 6.90. The van der Waals surface area contributed by atoms with Crippen LogP contribution in [0.5, 0.6) is 0 Å². The van der Waals surface area contributed by atoms with E-state index in [0.29, 0.717) is 17.7 Å². The highest BCUT2D eigenvalue weighted by Crippen LogP contribution is 2.39. The van der Waals surface area contributed by atoms with Gasteiger partial charge in [-0.2, -0.15) is 0 Å². The Balaban J connectivity index is 1.89. The van der Waals surface area contributed by atoms with Gasteiger partial charge in [-0.1, -0.05) is 35.9 Å². The van der Waals surface area contributed by atoms with Crippen LogP contribution in [0.2, 0.25) is 0 Å². The largest absolute Gasteiger partial charge is 0.322 e. The van der Waals surface area contributed by atoms with E-state index in [1.54, 1.807) is 28.8 Å². The van der Waals surface area contributed by atoms with Crippen LogP contribution in [0.3, 0.4) is 0 Å². The summed E-state index contributed by atoms with van der Waals surface area (Å²) in [5.41, 5.74) is 2.36. The van der Waals surface area contributed by atoms with Crippen LogP contribution in [0.25, 0.3) is 0 Å². The molecule has 1 fully saturated rings. The number of aryl methyl sites for hydroxylation is 1. The van der Waals surface area contributed by atoms with Crippen LogP contribution >= 0.6 is 11.8 Å². The Labute approximate surface area is 128 Å². The van der Waals surface area contributed by atoms with E-state index in [1.807, 2.05) is 37.3 Å². The maximum Gasteiger partial charge on any atom is 0.255 e. The van der Waals surface area contributed by atoms with Crippen molar-refractivity contribution < 1.29 is 9.18 Å². The Kier molecular flexibility index (Phi) is 3.97. The standard InChI is InChI=1S/C17H16FNOS/c1-12-6-8-13(9-7-12)16(20)19-10-11-21-17(19)14-4-2-3-5-15(14)18/h2-9,17H,10-11H2,1H3/t17-/m0/s1. The third-order valence-corrected chi connectivity index (χ3v) is 4.86. The average Bonchev–Trinajstić information content (AvgIpc) is 2.97. The minimum Gasteiger partial charge on any atom is -0.322 e. The lowest BCUT2D eigenvalue weighted by molar-refractivity contribution is 0.0759. The molecule has 0 unspecified atom stereocenters. The van der Waals surface area contributed by atoms with Gasteiger partial charge in [-0.3, -0.25) is 4.79 Å². The van der Waals surface area contributed by atoms with Gasteiger partial charge >= 0.3 is 0 Å². The van der Waals surface area contributed by atoms with Gasteiger partial charge in [0.25, 0.3) is 5.91 Å². The molecule has 21 heavy (non-hydrogen) atoms. The van der Waals surface area contributed by atoms with E-state index in [0.717, 1.165) is 11.3 Å².